The highest BCUT2D eigenvalue weighted by molar-refractivity contribution is 6.33. The maximum absolute atomic E-state index is 12.2. The predicted molar refractivity (Wildman–Crippen MR) is 69.4 cm³/mol. The molecule has 1 aliphatic heterocycles. The first kappa shape index (κ1) is 13.1. The molecule has 0 bridgehead atoms. The highest BCUT2D eigenvalue weighted by Crippen LogP contribution is 2.23. The summed E-state index contributed by atoms with van der Waals surface area (Å²) in [5, 5.41) is 9.82. The number of halogens is 1. The molecule has 0 aromatic carbocycles. The number of rotatable bonds is 2. The first-order valence-corrected chi connectivity index (χ1v) is 6.26. The second kappa shape index (κ2) is 5.12. The van der Waals surface area contributed by atoms with Crippen molar-refractivity contribution in [2.24, 2.45) is 5.92 Å². The highest BCUT2D eigenvalue weighted by Gasteiger charge is 2.31. The van der Waals surface area contributed by atoms with E-state index < -0.39 is 6.10 Å². The summed E-state index contributed by atoms with van der Waals surface area (Å²) in [6.45, 7) is 2.88. The number of likely N-dealkylation sites (tertiary alicyclic amines) is 1. The molecular weight excluding hydrogens is 254 g/mol. The molecule has 1 fully saturated rings. The molecule has 1 aromatic heterocycles. The lowest BCUT2D eigenvalue weighted by molar-refractivity contribution is 0.0757. The minimum atomic E-state index is -0.410. The molecule has 1 aromatic rings. The molecule has 2 rings (SSSR count). The summed E-state index contributed by atoms with van der Waals surface area (Å²) in [5.41, 5.74) is 5.74. The predicted octanol–water partition coefficient (Wildman–Crippen LogP) is 1.16. The summed E-state index contributed by atoms with van der Waals surface area (Å²) < 4.78 is 0. The van der Waals surface area contributed by atoms with Crippen molar-refractivity contribution in [1.29, 1.82) is 0 Å². The van der Waals surface area contributed by atoms with Crippen LogP contribution in [0.1, 0.15) is 23.8 Å². The van der Waals surface area contributed by atoms with Gasteiger partial charge in [0.05, 0.1) is 11.1 Å². The van der Waals surface area contributed by atoms with Gasteiger partial charge in [-0.1, -0.05) is 11.6 Å². The van der Waals surface area contributed by atoms with Gasteiger partial charge in [-0.15, -0.1) is 0 Å². The van der Waals surface area contributed by atoms with Crippen molar-refractivity contribution in [3.05, 3.63) is 22.8 Å². The molecule has 2 heterocycles. The molecule has 98 valence electrons. The molecule has 0 spiro atoms. The first-order chi connectivity index (χ1) is 8.49. The Kier molecular flexibility index (Phi) is 3.73. The van der Waals surface area contributed by atoms with Crippen molar-refractivity contribution in [3.63, 3.8) is 0 Å². The lowest BCUT2D eigenvalue weighted by Crippen LogP contribution is -2.31. The van der Waals surface area contributed by atoms with Crippen LogP contribution in [0.25, 0.3) is 0 Å². The number of carbonyl (C=O) groups excluding carboxylic acids is 1. The summed E-state index contributed by atoms with van der Waals surface area (Å²) >= 11 is 5.95. The van der Waals surface area contributed by atoms with Gasteiger partial charge in [0.1, 0.15) is 11.5 Å². The van der Waals surface area contributed by atoms with Gasteiger partial charge in [-0.2, -0.15) is 0 Å². The zero-order valence-corrected chi connectivity index (χ0v) is 10.9. The van der Waals surface area contributed by atoms with Crippen molar-refractivity contribution in [2.75, 3.05) is 18.8 Å². The van der Waals surface area contributed by atoms with Crippen LogP contribution in [0, 0.1) is 5.92 Å². The summed E-state index contributed by atoms with van der Waals surface area (Å²) in [7, 11) is 0. The van der Waals surface area contributed by atoms with Gasteiger partial charge >= 0.3 is 0 Å². The van der Waals surface area contributed by atoms with Crippen LogP contribution in [0.15, 0.2) is 12.1 Å². The van der Waals surface area contributed by atoms with E-state index in [2.05, 4.69) is 4.98 Å². The third kappa shape index (κ3) is 2.57. The molecule has 1 amide bonds. The van der Waals surface area contributed by atoms with E-state index in [1.807, 2.05) is 0 Å². The normalized spacial score (nSPS) is 21.1. The average molecular weight is 270 g/mol. The van der Waals surface area contributed by atoms with Crippen LogP contribution >= 0.6 is 11.6 Å². The molecule has 0 aliphatic carbocycles. The second-order valence-electron chi connectivity index (χ2n) is 4.61. The van der Waals surface area contributed by atoms with E-state index in [9.17, 15) is 9.90 Å². The number of carbonyl (C=O) groups is 1. The quantitative estimate of drug-likeness (QED) is 0.844. The minimum Gasteiger partial charge on any atom is -0.393 e. The molecule has 0 saturated carbocycles. The fourth-order valence-corrected chi connectivity index (χ4v) is 2.31. The van der Waals surface area contributed by atoms with Gasteiger partial charge in [-0.05, 0) is 25.5 Å². The molecule has 0 radical (unpaired) electrons. The highest BCUT2D eigenvalue weighted by atomic mass is 35.5. The number of aromatic nitrogens is 1. The Hall–Kier alpha value is -1.33. The van der Waals surface area contributed by atoms with E-state index in [0.717, 1.165) is 6.42 Å². The smallest absolute Gasteiger partial charge is 0.274 e. The van der Waals surface area contributed by atoms with E-state index >= 15 is 0 Å². The average Bonchev–Trinajstić information content (AvgIpc) is 2.81. The van der Waals surface area contributed by atoms with Crippen molar-refractivity contribution in [3.8, 4) is 0 Å². The summed E-state index contributed by atoms with van der Waals surface area (Å²) in [6, 6.07) is 3.13. The number of pyridine rings is 1. The Morgan fingerprint density at radius 1 is 1.67 bits per heavy atom. The maximum atomic E-state index is 12.2. The van der Waals surface area contributed by atoms with Crippen LogP contribution in [-0.4, -0.2) is 40.1 Å². The second-order valence-corrected chi connectivity index (χ2v) is 5.01. The monoisotopic (exact) mass is 269 g/mol. The largest absolute Gasteiger partial charge is 0.393 e. The zero-order chi connectivity index (χ0) is 13.3. The third-order valence-electron chi connectivity index (χ3n) is 3.26. The van der Waals surface area contributed by atoms with Gasteiger partial charge in [0.2, 0.25) is 0 Å². The van der Waals surface area contributed by atoms with Crippen LogP contribution < -0.4 is 5.73 Å². The number of hydrogen-bond donors (Lipinski definition) is 2. The van der Waals surface area contributed by atoms with Gasteiger partial charge in [0.15, 0.2) is 0 Å². The number of amides is 1. The van der Waals surface area contributed by atoms with E-state index in [1.165, 1.54) is 0 Å². The van der Waals surface area contributed by atoms with Crippen LogP contribution in [0.3, 0.4) is 0 Å². The number of hydrogen-bond acceptors (Lipinski definition) is 4. The fourth-order valence-electron chi connectivity index (χ4n) is 2.12. The Morgan fingerprint density at radius 2 is 2.39 bits per heavy atom. The van der Waals surface area contributed by atoms with Gasteiger partial charge < -0.3 is 15.7 Å². The van der Waals surface area contributed by atoms with E-state index in [-0.39, 0.29) is 23.3 Å². The SMILES string of the molecule is CC(O)C1CCN(C(=O)c2nc(N)ccc2Cl)C1. The molecule has 18 heavy (non-hydrogen) atoms. The Morgan fingerprint density at radius 3 is 3.00 bits per heavy atom. The topological polar surface area (TPSA) is 79.5 Å². The molecular formula is C12H16ClN3O2. The molecule has 6 heteroatoms. The van der Waals surface area contributed by atoms with Gasteiger partial charge in [0, 0.05) is 19.0 Å². The molecule has 5 nitrogen and oxygen atoms in total. The maximum Gasteiger partial charge on any atom is 0.274 e. The third-order valence-corrected chi connectivity index (χ3v) is 3.57. The summed E-state index contributed by atoms with van der Waals surface area (Å²) in [4.78, 5) is 17.9. The summed E-state index contributed by atoms with van der Waals surface area (Å²) in [6.07, 6.45) is 0.385. The van der Waals surface area contributed by atoms with Crippen molar-refractivity contribution >= 4 is 23.3 Å². The number of aliphatic hydroxyl groups is 1. The number of aliphatic hydroxyl groups excluding tert-OH is 1. The van der Waals surface area contributed by atoms with Crippen LogP contribution in [0.5, 0.6) is 0 Å². The van der Waals surface area contributed by atoms with Gasteiger partial charge in [-0.25, -0.2) is 4.98 Å². The molecule has 2 atom stereocenters. The Bertz CT molecular complexity index is 465. The molecule has 1 aliphatic rings. The molecule has 2 unspecified atom stereocenters. The van der Waals surface area contributed by atoms with Crippen LogP contribution in [0.2, 0.25) is 5.02 Å². The van der Waals surface area contributed by atoms with Crippen molar-refractivity contribution in [1.82, 2.24) is 9.88 Å². The molecule has 3 N–H and O–H groups in total. The van der Waals surface area contributed by atoms with Gasteiger partial charge in [-0.3, -0.25) is 4.79 Å². The van der Waals surface area contributed by atoms with Crippen molar-refractivity contribution in [2.45, 2.75) is 19.4 Å². The summed E-state index contributed by atoms with van der Waals surface area (Å²) in [5.74, 6) is 0.165. The number of nitrogens with zero attached hydrogens (tertiary/aromatic N) is 2. The van der Waals surface area contributed by atoms with Crippen LogP contribution in [0.4, 0.5) is 5.82 Å². The zero-order valence-electron chi connectivity index (χ0n) is 10.1. The minimum absolute atomic E-state index is 0.119. The van der Waals surface area contributed by atoms with E-state index in [1.54, 1.807) is 24.0 Å². The Balaban J connectivity index is 2.15. The number of nitrogens with two attached hydrogens (primary N) is 1. The number of anilines is 1. The van der Waals surface area contributed by atoms with Crippen molar-refractivity contribution < 1.29 is 9.90 Å². The van der Waals surface area contributed by atoms with Crippen LogP contribution in [-0.2, 0) is 0 Å². The lowest BCUT2D eigenvalue weighted by Gasteiger charge is -2.17. The fraction of sp³-hybridized carbons (Fsp3) is 0.500. The first-order valence-electron chi connectivity index (χ1n) is 5.88. The number of nitrogen functional groups attached to an aromatic ring is 1. The van der Waals surface area contributed by atoms with E-state index in [4.69, 9.17) is 17.3 Å². The molecule has 1 saturated heterocycles. The standard InChI is InChI=1S/C12H16ClN3O2/c1-7(17)8-4-5-16(6-8)12(18)11-9(13)2-3-10(14)15-11/h2-3,7-8,17H,4-6H2,1H3,(H2,14,15). The Labute approximate surface area is 111 Å². The lowest BCUT2D eigenvalue weighted by atomic mass is 10.0. The van der Waals surface area contributed by atoms with Gasteiger partial charge in [0.25, 0.3) is 5.91 Å². The van der Waals surface area contributed by atoms with E-state index in [0.29, 0.717) is 18.1 Å².